The molecule has 0 aromatic heterocycles. The maximum Gasteiger partial charge on any atom is 0.114 e. The van der Waals surface area contributed by atoms with Crippen LogP contribution in [0.1, 0.15) is 129 Å². The fourth-order valence-corrected chi connectivity index (χ4v) is 6.71. The lowest BCUT2D eigenvalue weighted by molar-refractivity contribution is 0.149. The molecule has 172 valence electrons. The molecule has 3 atom stereocenters. The molecule has 3 unspecified atom stereocenters. The number of hydrogen-bond donors (Lipinski definition) is 0. The largest absolute Gasteiger partial charge is 0.246 e. The fourth-order valence-electron chi connectivity index (χ4n) is 6.71. The molecule has 3 aliphatic carbocycles. The van der Waals surface area contributed by atoms with Crippen LogP contribution in [-0.4, -0.2) is 6.17 Å². The van der Waals surface area contributed by atoms with Crippen LogP contribution in [0.4, 0.5) is 4.39 Å². The quantitative estimate of drug-likeness (QED) is 0.273. The lowest BCUT2D eigenvalue weighted by atomic mass is 9.68. The zero-order valence-corrected chi connectivity index (χ0v) is 20.1. The van der Waals surface area contributed by atoms with Gasteiger partial charge in [-0.05, 0) is 81.5 Å². The molecule has 1 heteroatoms. The molecule has 0 radical (unpaired) electrons. The molecule has 0 bridgehead atoms. The Morgan fingerprint density at radius 2 is 1.23 bits per heavy atom. The van der Waals surface area contributed by atoms with E-state index in [0.717, 1.165) is 30.6 Å². The van der Waals surface area contributed by atoms with Gasteiger partial charge in [-0.15, -0.1) is 0 Å². The van der Waals surface area contributed by atoms with Crippen LogP contribution in [0.15, 0.2) is 0 Å². The lowest BCUT2D eigenvalue weighted by Gasteiger charge is -2.37. The van der Waals surface area contributed by atoms with Gasteiger partial charge in [0.05, 0.1) is 5.92 Å². The van der Waals surface area contributed by atoms with Gasteiger partial charge in [0.2, 0.25) is 0 Å². The molecule has 0 nitrogen and oxygen atoms in total. The molecular weight excluding hydrogens is 367 g/mol. The summed E-state index contributed by atoms with van der Waals surface area (Å²) in [5.74, 6) is 11.2. The first-order valence-electron chi connectivity index (χ1n) is 13.8. The third kappa shape index (κ3) is 7.57. The number of hydrogen-bond acceptors (Lipinski definition) is 0. The maximum atomic E-state index is 14.7. The Bertz CT molecular complexity index is 512. The fraction of sp³-hybridized carbons (Fsp3) is 0.931. The van der Waals surface area contributed by atoms with E-state index >= 15 is 0 Å². The van der Waals surface area contributed by atoms with E-state index in [4.69, 9.17) is 0 Å². The van der Waals surface area contributed by atoms with E-state index in [-0.39, 0.29) is 5.92 Å². The summed E-state index contributed by atoms with van der Waals surface area (Å²) >= 11 is 0. The Morgan fingerprint density at radius 3 is 1.87 bits per heavy atom. The van der Waals surface area contributed by atoms with Crippen molar-refractivity contribution in [2.24, 2.45) is 35.5 Å². The summed E-state index contributed by atoms with van der Waals surface area (Å²) in [5, 5.41) is 0. The van der Waals surface area contributed by atoms with Crippen LogP contribution in [0, 0.1) is 47.3 Å². The molecule has 3 fully saturated rings. The van der Waals surface area contributed by atoms with Gasteiger partial charge in [-0.2, -0.15) is 0 Å². The van der Waals surface area contributed by atoms with E-state index < -0.39 is 6.17 Å². The summed E-state index contributed by atoms with van der Waals surface area (Å²) < 4.78 is 14.7. The van der Waals surface area contributed by atoms with E-state index in [0.29, 0.717) is 11.8 Å². The summed E-state index contributed by atoms with van der Waals surface area (Å²) in [6.45, 7) is 4.57. The first-order valence-corrected chi connectivity index (χ1v) is 13.8. The molecule has 0 aromatic rings. The number of unbranched alkanes of at least 4 members (excludes halogenated alkanes) is 3. The van der Waals surface area contributed by atoms with Gasteiger partial charge in [-0.25, -0.2) is 4.39 Å². The van der Waals surface area contributed by atoms with Crippen LogP contribution in [0.5, 0.6) is 0 Å². The Morgan fingerprint density at radius 1 is 0.633 bits per heavy atom. The van der Waals surface area contributed by atoms with E-state index in [1.165, 1.54) is 103 Å². The number of alkyl halides is 1. The van der Waals surface area contributed by atoms with E-state index in [2.05, 4.69) is 25.7 Å². The Kier molecular flexibility index (Phi) is 10.6. The summed E-state index contributed by atoms with van der Waals surface area (Å²) in [4.78, 5) is 0. The lowest BCUT2D eigenvalue weighted by Crippen LogP contribution is -2.26. The first kappa shape index (κ1) is 24.1. The number of halogens is 1. The summed E-state index contributed by atoms with van der Waals surface area (Å²) in [6, 6.07) is 0. The molecule has 3 saturated carbocycles. The third-order valence-electron chi connectivity index (χ3n) is 8.87. The van der Waals surface area contributed by atoms with Crippen LogP contribution in [0.3, 0.4) is 0 Å². The summed E-state index contributed by atoms with van der Waals surface area (Å²) in [7, 11) is 0. The monoisotopic (exact) mass is 416 g/mol. The van der Waals surface area contributed by atoms with Gasteiger partial charge >= 0.3 is 0 Å². The molecular formula is C29H49F. The van der Waals surface area contributed by atoms with Crippen molar-refractivity contribution in [1.82, 2.24) is 0 Å². The van der Waals surface area contributed by atoms with Gasteiger partial charge < -0.3 is 0 Å². The first-order chi connectivity index (χ1) is 14.7. The van der Waals surface area contributed by atoms with E-state index in [1.54, 1.807) is 0 Å². The molecule has 0 saturated heterocycles. The topological polar surface area (TPSA) is 0 Å². The second-order valence-electron chi connectivity index (χ2n) is 11.1. The standard InChI is InChI=1S/C29H49F/c1-3-5-7-9-25-15-21-28(29(30)22-25)20-14-24-12-18-27(19-13-24)26-16-10-23(11-17-26)8-6-4-2/h23-29H,3-13,15-19,21-22H2,1-2H3/t23-,24-,25?,26-,27-,28?,29?. The van der Waals surface area contributed by atoms with Crippen molar-refractivity contribution in [2.75, 3.05) is 0 Å². The molecule has 30 heavy (non-hydrogen) atoms. The van der Waals surface area contributed by atoms with Crippen LogP contribution < -0.4 is 0 Å². The van der Waals surface area contributed by atoms with Gasteiger partial charge in [-0.1, -0.05) is 83.5 Å². The van der Waals surface area contributed by atoms with Gasteiger partial charge in [0.15, 0.2) is 0 Å². The normalized spacial score (nSPS) is 37.4. The molecule has 3 rings (SSSR count). The molecule has 0 amide bonds. The van der Waals surface area contributed by atoms with Crippen molar-refractivity contribution in [3.8, 4) is 11.8 Å². The molecule has 0 spiro atoms. The highest BCUT2D eigenvalue weighted by Crippen LogP contribution is 2.42. The van der Waals surface area contributed by atoms with Crippen LogP contribution in [0.2, 0.25) is 0 Å². The molecule has 0 aromatic carbocycles. The zero-order valence-electron chi connectivity index (χ0n) is 20.1. The van der Waals surface area contributed by atoms with E-state index in [1.807, 2.05) is 0 Å². The zero-order chi connectivity index (χ0) is 21.2. The van der Waals surface area contributed by atoms with Crippen molar-refractivity contribution in [1.29, 1.82) is 0 Å². The van der Waals surface area contributed by atoms with Crippen molar-refractivity contribution >= 4 is 0 Å². The van der Waals surface area contributed by atoms with E-state index in [9.17, 15) is 4.39 Å². The Hall–Kier alpha value is -0.510. The Labute approximate surface area is 187 Å². The second kappa shape index (κ2) is 13.1. The molecule has 0 heterocycles. The van der Waals surface area contributed by atoms with Crippen molar-refractivity contribution < 1.29 is 4.39 Å². The minimum atomic E-state index is -0.669. The van der Waals surface area contributed by atoms with Gasteiger partial charge in [0.1, 0.15) is 6.17 Å². The van der Waals surface area contributed by atoms with Crippen LogP contribution in [0.25, 0.3) is 0 Å². The summed E-state index contributed by atoms with van der Waals surface area (Å²) in [5.41, 5.74) is 0. The minimum Gasteiger partial charge on any atom is -0.246 e. The average Bonchev–Trinajstić information content (AvgIpc) is 2.78. The smallest absolute Gasteiger partial charge is 0.114 e. The highest BCUT2D eigenvalue weighted by molar-refractivity contribution is 5.11. The summed E-state index contributed by atoms with van der Waals surface area (Å²) in [6.07, 6.45) is 22.9. The van der Waals surface area contributed by atoms with Gasteiger partial charge in [0.25, 0.3) is 0 Å². The minimum absolute atomic E-state index is 0.0311. The Balaban J connectivity index is 1.34. The van der Waals surface area contributed by atoms with Crippen LogP contribution >= 0.6 is 0 Å². The number of rotatable bonds is 8. The average molecular weight is 417 g/mol. The SMILES string of the molecule is CCCCCC1CCC(C#C[C@H]2CC[C@H]([C@H]3CC[C@H](CCCC)CC3)CC2)C(F)C1. The molecule has 0 N–H and O–H groups in total. The van der Waals surface area contributed by atoms with Crippen molar-refractivity contribution in [2.45, 2.75) is 136 Å². The van der Waals surface area contributed by atoms with Crippen molar-refractivity contribution in [3.63, 3.8) is 0 Å². The highest BCUT2D eigenvalue weighted by Gasteiger charge is 2.31. The van der Waals surface area contributed by atoms with Gasteiger partial charge in [0, 0.05) is 5.92 Å². The molecule has 3 aliphatic rings. The predicted molar refractivity (Wildman–Crippen MR) is 128 cm³/mol. The van der Waals surface area contributed by atoms with Crippen molar-refractivity contribution in [3.05, 3.63) is 0 Å². The molecule has 0 aliphatic heterocycles. The second-order valence-corrected chi connectivity index (χ2v) is 11.1. The van der Waals surface area contributed by atoms with Crippen LogP contribution in [-0.2, 0) is 0 Å². The van der Waals surface area contributed by atoms with Gasteiger partial charge in [-0.3, -0.25) is 0 Å². The highest BCUT2D eigenvalue weighted by atomic mass is 19.1. The predicted octanol–water partition coefficient (Wildman–Crippen LogP) is 9.13. The third-order valence-corrected chi connectivity index (χ3v) is 8.87. The maximum absolute atomic E-state index is 14.7.